The van der Waals surface area contributed by atoms with Crippen LogP contribution in [0.15, 0.2) is 34.9 Å². The second kappa shape index (κ2) is 7.78. The van der Waals surface area contributed by atoms with E-state index < -0.39 is 0 Å². The van der Waals surface area contributed by atoms with Crippen LogP contribution in [0.5, 0.6) is 0 Å². The van der Waals surface area contributed by atoms with Crippen molar-refractivity contribution < 1.29 is 9.32 Å². The number of nitrogens with zero attached hydrogens (tertiary/aromatic N) is 4. The first-order valence-electron chi connectivity index (χ1n) is 8.96. The Hall–Kier alpha value is -2.21. The third kappa shape index (κ3) is 4.07. The van der Waals surface area contributed by atoms with E-state index in [1.165, 1.54) is 5.56 Å². The van der Waals surface area contributed by atoms with Crippen molar-refractivity contribution in [2.75, 3.05) is 13.1 Å². The van der Waals surface area contributed by atoms with Gasteiger partial charge in [0.25, 0.3) is 0 Å². The molecule has 134 valence electrons. The first-order chi connectivity index (χ1) is 12.1. The molecule has 25 heavy (non-hydrogen) atoms. The Bertz CT molecular complexity index is 700. The Morgan fingerprint density at radius 3 is 2.80 bits per heavy atom. The van der Waals surface area contributed by atoms with Crippen molar-refractivity contribution in [1.82, 2.24) is 19.9 Å². The molecule has 1 fully saturated rings. The average Bonchev–Trinajstić information content (AvgIpc) is 3.29. The lowest BCUT2D eigenvalue weighted by molar-refractivity contribution is -0.131. The van der Waals surface area contributed by atoms with E-state index in [9.17, 15) is 4.79 Å². The molecule has 0 radical (unpaired) electrons. The smallest absolute Gasteiger partial charge is 0.226 e. The van der Waals surface area contributed by atoms with Crippen molar-refractivity contribution in [1.29, 1.82) is 0 Å². The number of benzene rings is 1. The van der Waals surface area contributed by atoms with Crippen LogP contribution < -0.4 is 0 Å². The van der Waals surface area contributed by atoms with E-state index in [1.54, 1.807) is 6.92 Å². The molecule has 2 atom stereocenters. The quantitative estimate of drug-likeness (QED) is 0.808. The Morgan fingerprint density at radius 2 is 2.16 bits per heavy atom. The summed E-state index contributed by atoms with van der Waals surface area (Å²) in [6.45, 7) is 8.08. The van der Waals surface area contributed by atoms with Gasteiger partial charge in [-0.15, -0.1) is 0 Å². The van der Waals surface area contributed by atoms with E-state index in [2.05, 4.69) is 46.2 Å². The summed E-state index contributed by atoms with van der Waals surface area (Å²) in [6, 6.07) is 11.0. The standard InChI is InChI=1S/C19H26N4O2/c1-4-19-20-18(21-25-19)13-23(15(3)24)17-10-11-22(12-17)14(2)16-8-6-5-7-9-16/h5-9,14,17H,4,10-13H2,1-3H3/t14-,17-/m0/s1. The number of carbonyl (C=O) groups is 1. The van der Waals surface area contributed by atoms with Crippen LogP contribution in [0.1, 0.15) is 50.5 Å². The van der Waals surface area contributed by atoms with Crippen molar-refractivity contribution >= 4 is 5.91 Å². The second-order valence-corrected chi connectivity index (χ2v) is 6.63. The number of hydrogen-bond donors (Lipinski definition) is 0. The minimum Gasteiger partial charge on any atom is -0.339 e. The van der Waals surface area contributed by atoms with Crippen molar-refractivity contribution in [2.45, 2.75) is 52.2 Å². The first kappa shape index (κ1) is 17.6. The number of rotatable bonds is 6. The summed E-state index contributed by atoms with van der Waals surface area (Å²) < 4.78 is 5.16. The molecule has 1 saturated heterocycles. The monoisotopic (exact) mass is 342 g/mol. The van der Waals surface area contributed by atoms with Crippen LogP contribution in [0.4, 0.5) is 0 Å². The van der Waals surface area contributed by atoms with Crippen molar-refractivity contribution in [3.8, 4) is 0 Å². The molecule has 0 unspecified atom stereocenters. The minimum absolute atomic E-state index is 0.0575. The average molecular weight is 342 g/mol. The first-order valence-corrected chi connectivity index (χ1v) is 8.96. The van der Waals surface area contributed by atoms with E-state index in [0.29, 0.717) is 30.7 Å². The lowest BCUT2D eigenvalue weighted by Gasteiger charge is -2.29. The van der Waals surface area contributed by atoms with Gasteiger partial charge in [0.2, 0.25) is 11.8 Å². The van der Waals surface area contributed by atoms with E-state index in [-0.39, 0.29) is 11.9 Å². The molecule has 0 spiro atoms. The maximum absolute atomic E-state index is 12.2. The molecule has 6 heteroatoms. The lowest BCUT2D eigenvalue weighted by atomic mass is 10.1. The Kier molecular flexibility index (Phi) is 5.48. The Morgan fingerprint density at radius 1 is 1.40 bits per heavy atom. The van der Waals surface area contributed by atoms with Crippen molar-refractivity contribution in [3.63, 3.8) is 0 Å². The molecular weight excluding hydrogens is 316 g/mol. The highest BCUT2D eigenvalue weighted by atomic mass is 16.5. The zero-order chi connectivity index (χ0) is 17.8. The van der Waals surface area contributed by atoms with Crippen LogP contribution in [0.25, 0.3) is 0 Å². The summed E-state index contributed by atoms with van der Waals surface area (Å²) in [7, 11) is 0. The predicted octanol–water partition coefficient (Wildman–Crippen LogP) is 2.82. The zero-order valence-corrected chi connectivity index (χ0v) is 15.2. The van der Waals surface area contributed by atoms with Gasteiger partial charge in [-0.2, -0.15) is 4.98 Å². The van der Waals surface area contributed by atoms with E-state index in [1.807, 2.05) is 17.9 Å². The highest BCUT2D eigenvalue weighted by Crippen LogP contribution is 2.27. The van der Waals surface area contributed by atoms with Gasteiger partial charge in [-0.05, 0) is 18.9 Å². The van der Waals surface area contributed by atoms with Crippen molar-refractivity contribution in [3.05, 3.63) is 47.6 Å². The summed E-state index contributed by atoms with van der Waals surface area (Å²) >= 11 is 0. The SMILES string of the molecule is CCc1nc(CN(C(C)=O)[C@H]2CCN([C@@H](C)c3ccccc3)C2)no1. The molecule has 1 aromatic carbocycles. The molecular formula is C19H26N4O2. The van der Waals surface area contributed by atoms with Crippen LogP contribution in [0, 0.1) is 0 Å². The molecule has 0 aliphatic carbocycles. The van der Waals surface area contributed by atoms with Crippen LogP contribution in [0.3, 0.4) is 0 Å². The molecule has 0 saturated carbocycles. The number of likely N-dealkylation sites (tertiary alicyclic amines) is 1. The number of aromatic nitrogens is 2. The Balaban J connectivity index is 1.66. The van der Waals surface area contributed by atoms with Crippen LogP contribution in [-0.4, -0.2) is 45.0 Å². The number of amides is 1. The van der Waals surface area contributed by atoms with E-state index in [4.69, 9.17) is 4.52 Å². The molecule has 6 nitrogen and oxygen atoms in total. The summed E-state index contributed by atoms with van der Waals surface area (Å²) in [6.07, 6.45) is 1.67. The summed E-state index contributed by atoms with van der Waals surface area (Å²) in [5.41, 5.74) is 1.31. The minimum atomic E-state index is 0.0575. The molecule has 1 amide bonds. The fourth-order valence-electron chi connectivity index (χ4n) is 3.46. The van der Waals surface area contributed by atoms with E-state index >= 15 is 0 Å². The van der Waals surface area contributed by atoms with Gasteiger partial charge in [0, 0.05) is 38.5 Å². The van der Waals surface area contributed by atoms with Gasteiger partial charge < -0.3 is 9.42 Å². The van der Waals surface area contributed by atoms with Gasteiger partial charge in [0.1, 0.15) is 0 Å². The van der Waals surface area contributed by atoms with Crippen LogP contribution >= 0.6 is 0 Å². The fraction of sp³-hybridized carbons (Fsp3) is 0.526. The van der Waals surface area contributed by atoms with Gasteiger partial charge >= 0.3 is 0 Å². The second-order valence-electron chi connectivity index (χ2n) is 6.63. The topological polar surface area (TPSA) is 62.5 Å². The third-order valence-corrected chi connectivity index (χ3v) is 4.99. The van der Waals surface area contributed by atoms with Crippen LogP contribution in [-0.2, 0) is 17.8 Å². The molecule has 0 N–H and O–H groups in total. The van der Waals surface area contributed by atoms with Gasteiger partial charge in [0.05, 0.1) is 6.54 Å². The number of carbonyl (C=O) groups excluding carboxylic acids is 1. The highest BCUT2D eigenvalue weighted by molar-refractivity contribution is 5.73. The summed E-state index contributed by atoms with van der Waals surface area (Å²) in [4.78, 5) is 20.8. The fourth-order valence-corrected chi connectivity index (χ4v) is 3.46. The molecule has 1 aromatic heterocycles. The molecule has 3 rings (SSSR count). The normalized spacial score (nSPS) is 19.1. The largest absolute Gasteiger partial charge is 0.339 e. The molecule has 1 aliphatic rings. The molecule has 0 bridgehead atoms. The van der Waals surface area contributed by atoms with Crippen molar-refractivity contribution in [2.24, 2.45) is 0 Å². The maximum atomic E-state index is 12.2. The predicted molar refractivity (Wildman–Crippen MR) is 94.7 cm³/mol. The third-order valence-electron chi connectivity index (χ3n) is 4.99. The summed E-state index contributed by atoms with van der Waals surface area (Å²) in [5.74, 6) is 1.26. The molecule has 2 heterocycles. The Labute approximate surface area is 148 Å². The highest BCUT2D eigenvalue weighted by Gasteiger charge is 2.32. The van der Waals surface area contributed by atoms with E-state index in [0.717, 1.165) is 19.5 Å². The maximum Gasteiger partial charge on any atom is 0.226 e. The molecule has 1 aliphatic heterocycles. The van der Waals surface area contributed by atoms with Crippen LogP contribution in [0.2, 0.25) is 0 Å². The van der Waals surface area contributed by atoms with Gasteiger partial charge in [-0.3, -0.25) is 9.69 Å². The molecule has 2 aromatic rings. The lowest BCUT2D eigenvalue weighted by Crippen LogP contribution is -2.40. The number of hydrogen-bond acceptors (Lipinski definition) is 5. The number of aryl methyl sites for hydroxylation is 1. The van der Waals surface area contributed by atoms with Gasteiger partial charge in [-0.25, -0.2) is 0 Å². The zero-order valence-electron chi connectivity index (χ0n) is 15.2. The van der Waals surface area contributed by atoms with Gasteiger partial charge in [-0.1, -0.05) is 42.4 Å². The summed E-state index contributed by atoms with van der Waals surface area (Å²) in [5, 5.41) is 3.99. The van der Waals surface area contributed by atoms with Gasteiger partial charge in [0.15, 0.2) is 5.82 Å².